The van der Waals surface area contributed by atoms with Gasteiger partial charge in [-0.05, 0) is 25.7 Å². The molecule has 1 N–H and O–H groups in total. The monoisotopic (exact) mass is 278 g/mol. The fourth-order valence-electron chi connectivity index (χ4n) is 3.04. The predicted octanol–water partition coefficient (Wildman–Crippen LogP) is 3.16. The van der Waals surface area contributed by atoms with Crippen LogP contribution in [0.3, 0.4) is 0 Å². The summed E-state index contributed by atoms with van der Waals surface area (Å²) in [4.78, 5) is 4.41. The molecule has 4 heteroatoms. The van der Waals surface area contributed by atoms with Gasteiger partial charge in [-0.15, -0.1) is 0 Å². The second-order valence-corrected chi connectivity index (χ2v) is 5.56. The quantitative estimate of drug-likeness (QED) is 0.868. The van der Waals surface area contributed by atoms with Crippen molar-refractivity contribution in [1.29, 1.82) is 0 Å². The first-order valence-electron chi connectivity index (χ1n) is 7.55. The Labute approximate surface area is 121 Å². The Bertz CT molecular complexity index is 417. The molecule has 1 aromatic rings. The van der Waals surface area contributed by atoms with Crippen LogP contribution in [0.1, 0.15) is 44.7 Å². The van der Waals surface area contributed by atoms with E-state index in [1.807, 2.05) is 6.07 Å². The van der Waals surface area contributed by atoms with E-state index in [-0.39, 0.29) is 0 Å². The van der Waals surface area contributed by atoms with Crippen molar-refractivity contribution in [3.8, 4) is 11.5 Å². The zero-order valence-corrected chi connectivity index (χ0v) is 12.8. The third-order valence-electron chi connectivity index (χ3n) is 4.31. The average Bonchev–Trinajstić information content (AvgIpc) is 2.52. The van der Waals surface area contributed by atoms with Gasteiger partial charge in [0.25, 0.3) is 0 Å². The summed E-state index contributed by atoms with van der Waals surface area (Å²) in [5, 5.41) is 3.60. The lowest BCUT2D eigenvalue weighted by Crippen LogP contribution is -2.34. The van der Waals surface area contributed by atoms with E-state index >= 15 is 0 Å². The van der Waals surface area contributed by atoms with Gasteiger partial charge in [-0.1, -0.05) is 19.3 Å². The van der Waals surface area contributed by atoms with Crippen LogP contribution in [0.4, 0.5) is 0 Å². The molecule has 0 aliphatic heterocycles. The van der Waals surface area contributed by atoms with Crippen LogP contribution in [-0.4, -0.2) is 25.2 Å². The highest BCUT2D eigenvalue weighted by atomic mass is 16.5. The Morgan fingerprint density at radius 1 is 1.25 bits per heavy atom. The lowest BCUT2D eigenvalue weighted by molar-refractivity contribution is 0.278. The Balaban J connectivity index is 1.96. The molecule has 1 aliphatic rings. The van der Waals surface area contributed by atoms with E-state index in [0.717, 1.165) is 29.7 Å². The number of methoxy groups -OCH3 is 2. The molecule has 1 unspecified atom stereocenters. The molecular weight excluding hydrogens is 252 g/mol. The molecule has 0 amide bonds. The third-order valence-corrected chi connectivity index (χ3v) is 4.31. The summed E-state index contributed by atoms with van der Waals surface area (Å²) < 4.78 is 10.7. The minimum absolute atomic E-state index is 0.521. The van der Waals surface area contributed by atoms with Crippen LogP contribution < -0.4 is 14.8 Å². The van der Waals surface area contributed by atoms with Crippen LogP contribution in [0.15, 0.2) is 12.3 Å². The van der Waals surface area contributed by atoms with Gasteiger partial charge in [-0.25, -0.2) is 0 Å². The number of hydrogen-bond donors (Lipinski definition) is 1. The van der Waals surface area contributed by atoms with E-state index in [9.17, 15) is 0 Å². The molecule has 0 saturated heterocycles. The topological polar surface area (TPSA) is 43.4 Å². The van der Waals surface area contributed by atoms with Crippen molar-refractivity contribution < 1.29 is 9.47 Å². The zero-order valence-electron chi connectivity index (χ0n) is 12.8. The highest BCUT2D eigenvalue weighted by Gasteiger charge is 2.20. The smallest absolute Gasteiger partial charge is 0.183 e. The molecule has 1 aromatic heterocycles. The van der Waals surface area contributed by atoms with Crippen molar-refractivity contribution in [3.05, 3.63) is 18.0 Å². The van der Waals surface area contributed by atoms with E-state index in [0.29, 0.717) is 6.04 Å². The standard InChI is InChI=1S/C16H26N2O2/c1-12(13-7-5-4-6-8-13)18-11-14-16(20-3)15(19-2)9-10-17-14/h9-10,12-13,18H,4-8,11H2,1-3H3. The molecule has 1 aliphatic carbocycles. The summed E-state index contributed by atoms with van der Waals surface area (Å²) >= 11 is 0. The van der Waals surface area contributed by atoms with Crippen LogP contribution in [0.25, 0.3) is 0 Å². The van der Waals surface area contributed by atoms with Crippen molar-refractivity contribution in [3.63, 3.8) is 0 Å². The van der Waals surface area contributed by atoms with Crippen molar-refractivity contribution in [2.75, 3.05) is 14.2 Å². The number of pyridine rings is 1. The molecule has 0 radical (unpaired) electrons. The molecule has 1 saturated carbocycles. The minimum Gasteiger partial charge on any atom is -0.493 e. The van der Waals surface area contributed by atoms with Gasteiger partial charge in [-0.2, -0.15) is 0 Å². The van der Waals surface area contributed by atoms with Gasteiger partial charge >= 0.3 is 0 Å². The fraction of sp³-hybridized carbons (Fsp3) is 0.688. The summed E-state index contributed by atoms with van der Waals surface area (Å²) in [7, 11) is 3.31. The second kappa shape index (κ2) is 7.48. The summed E-state index contributed by atoms with van der Waals surface area (Å²) in [6.07, 6.45) is 8.60. The number of aromatic nitrogens is 1. The van der Waals surface area contributed by atoms with Crippen molar-refractivity contribution in [2.24, 2.45) is 5.92 Å². The molecule has 0 bridgehead atoms. The maximum absolute atomic E-state index is 5.42. The molecule has 0 spiro atoms. The highest BCUT2D eigenvalue weighted by Crippen LogP contribution is 2.30. The van der Waals surface area contributed by atoms with Crippen molar-refractivity contribution >= 4 is 0 Å². The Morgan fingerprint density at radius 2 is 2.00 bits per heavy atom. The van der Waals surface area contributed by atoms with E-state index in [1.165, 1.54) is 32.1 Å². The van der Waals surface area contributed by atoms with Gasteiger partial charge in [-0.3, -0.25) is 4.98 Å². The third kappa shape index (κ3) is 3.63. The number of nitrogens with zero attached hydrogens (tertiary/aromatic N) is 1. The predicted molar refractivity (Wildman–Crippen MR) is 80.2 cm³/mol. The average molecular weight is 278 g/mol. The summed E-state index contributed by atoms with van der Waals surface area (Å²) in [6, 6.07) is 2.35. The molecule has 0 aromatic carbocycles. The molecule has 1 heterocycles. The fourth-order valence-corrected chi connectivity index (χ4v) is 3.04. The number of hydrogen-bond acceptors (Lipinski definition) is 4. The first-order chi connectivity index (χ1) is 9.76. The lowest BCUT2D eigenvalue weighted by Gasteiger charge is -2.28. The Hall–Kier alpha value is -1.29. The first-order valence-corrected chi connectivity index (χ1v) is 7.55. The molecule has 112 valence electrons. The van der Waals surface area contributed by atoms with Gasteiger partial charge in [0.1, 0.15) is 0 Å². The maximum Gasteiger partial charge on any atom is 0.183 e. The molecular formula is C16H26N2O2. The van der Waals surface area contributed by atoms with E-state index in [2.05, 4.69) is 17.2 Å². The molecule has 1 fully saturated rings. The van der Waals surface area contributed by atoms with Crippen LogP contribution in [0, 0.1) is 5.92 Å². The number of ether oxygens (including phenoxy) is 2. The first kappa shape index (κ1) is 15.1. The molecule has 2 rings (SSSR count). The van der Waals surface area contributed by atoms with E-state index in [4.69, 9.17) is 9.47 Å². The molecule has 20 heavy (non-hydrogen) atoms. The summed E-state index contributed by atoms with van der Waals surface area (Å²) in [5.74, 6) is 2.27. The maximum atomic E-state index is 5.42. The van der Waals surface area contributed by atoms with Crippen molar-refractivity contribution in [1.82, 2.24) is 10.3 Å². The van der Waals surface area contributed by atoms with Gasteiger partial charge in [0.2, 0.25) is 0 Å². The largest absolute Gasteiger partial charge is 0.493 e. The Morgan fingerprint density at radius 3 is 2.65 bits per heavy atom. The zero-order chi connectivity index (χ0) is 14.4. The van der Waals surface area contributed by atoms with E-state index in [1.54, 1.807) is 20.4 Å². The van der Waals surface area contributed by atoms with Gasteiger partial charge < -0.3 is 14.8 Å². The van der Waals surface area contributed by atoms with E-state index < -0.39 is 0 Å². The number of nitrogens with one attached hydrogen (secondary N) is 1. The summed E-state index contributed by atoms with van der Waals surface area (Å²) in [5.41, 5.74) is 0.912. The summed E-state index contributed by atoms with van der Waals surface area (Å²) in [6.45, 7) is 3.00. The van der Waals surface area contributed by atoms with Crippen LogP contribution in [-0.2, 0) is 6.54 Å². The molecule has 4 nitrogen and oxygen atoms in total. The van der Waals surface area contributed by atoms with Crippen molar-refractivity contribution in [2.45, 2.75) is 51.6 Å². The Kier molecular flexibility index (Phi) is 5.65. The van der Waals surface area contributed by atoms with Crippen LogP contribution in [0.2, 0.25) is 0 Å². The van der Waals surface area contributed by atoms with Gasteiger partial charge in [0, 0.05) is 24.8 Å². The van der Waals surface area contributed by atoms with Crippen LogP contribution >= 0.6 is 0 Å². The van der Waals surface area contributed by atoms with Gasteiger partial charge in [0.15, 0.2) is 11.5 Å². The second-order valence-electron chi connectivity index (χ2n) is 5.56. The minimum atomic E-state index is 0.521. The highest BCUT2D eigenvalue weighted by molar-refractivity contribution is 5.42. The lowest BCUT2D eigenvalue weighted by atomic mass is 9.84. The number of rotatable bonds is 6. The van der Waals surface area contributed by atoms with Gasteiger partial charge in [0.05, 0.1) is 19.9 Å². The SMILES string of the molecule is COc1ccnc(CNC(C)C2CCCCC2)c1OC. The normalized spacial score (nSPS) is 17.8. The van der Waals surface area contributed by atoms with Crippen LogP contribution in [0.5, 0.6) is 11.5 Å². The molecule has 1 atom stereocenters.